The number of rotatable bonds is 3. The first-order valence-corrected chi connectivity index (χ1v) is 12.5. The summed E-state index contributed by atoms with van der Waals surface area (Å²) in [5.41, 5.74) is 0.803. The quantitative estimate of drug-likeness (QED) is 0.494. The number of fused-ring (bicyclic) bond motifs is 2. The number of carbonyl (C=O) groups excluding carboxylic acids is 1. The number of para-hydroxylation sites is 1. The molecule has 0 radical (unpaired) electrons. The standard InChI is InChI=1S/C18H17BrO2S2/c19-23(9-3-4-10-23)12-14(20)13-7-8-16-18(11-13)22-17-6-2-1-5-15(17)21-16/h1-2,5-8,11H,3-4,9-10,12H2. The number of ether oxygens (including phenoxy) is 1. The second-order valence-corrected chi connectivity index (χ2v) is 14.1. The molecule has 5 heteroatoms. The van der Waals surface area contributed by atoms with Crippen LogP contribution < -0.4 is 4.74 Å². The predicted molar refractivity (Wildman–Crippen MR) is 102 cm³/mol. The normalized spacial score (nSPS) is 19.3. The molecule has 1 saturated heterocycles. The highest BCUT2D eigenvalue weighted by atomic mass is 79.9. The van der Waals surface area contributed by atoms with Crippen molar-refractivity contribution < 1.29 is 9.53 Å². The van der Waals surface area contributed by atoms with Gasteiger partial charge in [0.05, 0.1) is 15.5 Å². The van der Waals surface area contributed by atoms with Crippen LogP contribution in [0.4, 0.5) is 0 Å². The molecule has 0 unspecified atom stereocenters. The van der Waals surface area contributed by atoms with Crippen molar-refractivity contribution in [2.45, 2.75) is 22.6 Å². The minimum atomic E-state index is -0.896. The Hall–Kier alpha value is -0.910. The Morgan fingerprint density at radius 1 is 1.09 bits per heavy atom. The van der Waals surface area contributed by atoms with E-state index < -0.39 is 8.46 Å². The summed E-state index contributed by atoms with van der Waals surface area (Å²) in [5, 5.41) is 0. The van der Waals surface area contributed by atoms with E-state index in [-0.39, 0.29) is 5.78 Å². The van der Waals surface area contributed by atoms with Crippen LogP contribution in [0, 0.1) is 0 Å². The fraction of sp³-hybridized carbons (Fsp3) is 0.278. The van der Waals surface area contributed by atoms with Crippen molar-refractivity contribution in [2.24, 2.45) is 0 Å². The molecule has 0 bridgehead atoms. The summed E-state index contributed by atoms with van der Waals surface area (Å²) >= 11 is 5.55. The number of carbonyl (C=O) groups is 1. The first-order chi connectivity index (χ1) is 11.1. The molecule has 120 valence electrons. The van der Waals surface area contributed by atoms with Crippen LogP contribution in [0.5, 0.6) is 11.5 Å². The molecule has 0 spiro atoms. The zero-order valence-corrected chi connectivity index (χ0v) is 15.8. The van der Waals surface area contributed by atoms with Crippen LogP contribution in [-0.4, -0.2) is 23.0 Å². The number of ketones is 1. The van der Waals surface area contributed by atoms with Crippen molar-refractivity contribution in [3.05, 3.63) is 48.0 Å². The van der Waals surface area contributed by atoms with E-state index in [4.69, 9.17) is 4.74 Å². The highest BCUT2D eigenvalue weighted by molar-refractivity contribution is 9.58. The number of halogens is 1. The van der Waals surface area contributed by atoms with E-state index in [1.807, 2.05) is 42.5 Å². The number of benzene rings is 2. The van der Waals surface area contributed by atoms with Gasteiger partial charge in [-0.1, -0.05) is 23.9 Å². The Balaban J connectivity index is 1.57. The van der Waals surface area contributed by atoms with Gasteiger partial charge in [0, 0.05) is 5.56 Å². The van der Waals surface area contributed by atoms with Gasteiger partial charge < -0.3 is 4.74 Å². The third kappa shape index (κ3) is 3.19. The van der Waals surface area contributed by atoms with Crippen molar-refractivity contribution in [3.63, 3.8) is 0 Å². The average Bonchev–Trinajstić information content (AvgIpc) is 2.98. The lowest BCUT2D eigenvalue weighted by molar-refractivity contribution is 0.102. The molecule has 2 aromatic carbocycles. The molecule has 0 atom stereocenters. The van der Waals surface area contributed by atoms with E-state index in [2.05, 4.69) is 14.8 Å². The van der Waals surface area contributed by atoms with Gasteiger partial charge in [-0.15, -0.1) is 0 Å². The SMILES string of the molecule is O=C(CS1(Br)CCCC1)c1ccc2c(c1)Sc1ccccc1O2. The van der Waals surface area contributed by atoms with Gasteiger partial charge in [0.1, 0.15) is 11.5 Å². The number of hydrogen-bond donors (Lipinski definition) is 0. The van der Waals surface area contributed by atoms with Gasteiger partial charge in [0.2, 0.25) is 0 Å². The molecule has 2 aliphatic rings. The van der Waals surface area contributed by atoms with Crippen molar-refractivity contribution in [1.29, 1.82) is 0 Å². The fourth-order valence-corrected chi connectivity index (χ4v) is 8.55. The molecule has 2 heterocycles. The van der Waals surface area contributed by atoms with Crippen LogP contribution in [0.1, 0.15) is 23.2 Å². The topological polar surface area (TPSA) is 26.3 Å². The van der Waals surface area contributed by atoms with Gasteiger partial charge in [0.15, 0.2) is 5.78 Å². The number of hydrogen-bond acceptors (Lipinski definition) is 3. The van der Waals surface area contributed by atoms with Crippen LogP contribution in [0.2, 0.25) is 0 Å². The Morgan fingerprint density at radius 2 is 1.83 bits per heavy atom. The minimum Gasteiger partial charge on any atom is -0.455 e. The molecule has 2 aromatic rings. The van der Waals surface area contributed by atoms with E-state index in [0.717, 1.165) is 26.9 Å². The van der Waals surface area contributed by atoms with Gasteiger partial charge in [0.25, 0.3) is 0 Å². The number of Topliss-reactive ketones (excluding diaryl/α,β-unsaturated/α-hetero) is 1. The largest absolute Gasteiger partial charge is 0.455 e. The first-order valence-electron chi connectivity index (χ1n) is 7.71. The van der Waals surface area contributed by atoms with Crippen molar-refractivity contribution in [2.75, 3.05) is 17.3 Å². The second kappa shape index (κ2) is 6.19. The molecular weight excluding hydrogens is 392 g/mol. The summed E-state index contributed by atoms with van der Waals surface area (Å²) in [6, 6.07) is 13.8. The van der Waals surface area contributed by atoms with Gasteiger partial charge in [-0.3, -0.25) is 4.79 Å². The Bertz CT molecular complexity index is 769. The summed E-state index contributed by atoms with van der Waals surface area (Å²) in [6.07, 6.45) is 2.50. The third-order valence-corrected chi connectivity index (χ3v) is 10.8. The minimum absolute atomic E-state index is 0.251. The lowest BCUT2D eigenvalue weighted by Crippen LogP contribution is -2.12. The van der Waals surface area contributed by atoms with Crippen molar-refractivity contribution >= 4 is 40.8 Å². The maximum atomic E-state index is 12.7. The van der Waals surface area contributed by atoms with Gasteiger partial charge in [-0.05, 0) is 69.5 Å². The monoisotopic (exact) mass is 408 g/mol. The van der Waals surface area contributed by atoms with Gasteiger partial charge in [-0.25, -0.2) is 0 Å². The van der Waals surface area contributed by atoms with E-state index in [1.54, 1.807) is 11.8 Å². The Kier molecular flexibility index (Phi) is 4.20. The molecular formula is C18H17BrO2S2. The molecule has 2 aliphatic heterocycles. The highest BCUT2D eigenvalue weighted by Crippen LogP contribution is 2.60. The molecule has 0 N–H and O–H groups in total. The second-order valence-electron chi connectivity index (χ2n) is 5.93. The Morgan fingerprint density at radius 3 is 2.65 bits per heavy atom. The van der Waals surface area contributed by atoms with E-state index >= 15 is 0 Å². The maximum Gasteiger partial charge on any atom is 0.172 e. The summed E-state index contributed by atoms with van der Waals surface area (Å²) in [4.78, 5) is 14.8. The Labute approximate surface area is 149 Å². The average molecular weight is 409 g/mol. The van der Waals surface area contributed by atoms with Crippen molar-refractivity contribution in [1.82, 2.24) is 0 Å². The molecule has 0 aliphatic carbocycles. The molecule has 2 nitrogen and oxygen atoms in total. The van der Waals surface area contributed by atoms with E-state index in [0.29, 0.717) is 5.75 Å². The maximum absolute atomic E-state index is 12.7. The zero-order valence-electron chi connectivity index (χ0n) is 12.6. The molecule has 0 saturated carbocycles. The molecule has 0 aromatic heterocycles. The van der Waals surface area contributed by atoms with Gasteiger partial charge >= 0.3 is 0 Å². The summed E-state index contributed by atoms with van der Waals surface area (Å²) in [7, 11) is -0.896. The van der Waals surface area contributed by atoms with Crippen LogP contribution in [0.15, 0.2) is 52.3 Å². The zero-order chi connectivity index (χ0) is 15.9. The lowest BCUT2D eigenvalue weighted by Gasteiger charge is -2.26. The van der Waals surface area contributed by atoms with Crippen LogP contribution in [0.25, 0.3) is 0 Å². The van der Waals surface area contributed by atoms with Gasteiger partial charge in [-0.2, -0.15) is 8.46 Å². The summed E-state index contributed by atoms with van der Waals surface area (Å²) < 4.78 is 5.93. The van der Waals surface area contributed by atoms with Crippen LogP contribution in [0.3, 0.4) is 0 Å². The first kappa shape index (κ1) is 15.6. The molecule has 1 fully saturated rings. The highest BCUT2D eigenvalue weighted by Gasteiger charge is 2.29. The smallest absolute Gasteiger partial charge is 0.172 e. The molecule has 23 heavy (non-hydrogen) atoms. The van der Waals surface area contributed by atoms with Crippen LogP contribution in [-0.2, 0) is 0 Å². The summed E-state index contributed by atoms with van der Waals surface area (Å²) in [6.45, 7) is 0. The van der Waals surface area contributed by atoms with Crippen LogP contribution >= 0.6 is 35.0 Å². The van der Waals surface area contributed by atoms with E-state index in [9.17, 15) is 4.79 Å². The molecule has 0 amide bonds. The summed E-state index contributed by atoms with van der Waals surface area (Å²) in [5.74, 6) is 4.99. The third-order valence-electron chi connectivity index (χ3n) is 4.21. The van der Waals surface area contributed by atoms with E-state index in [1.165, 1.54) is 24.3 Å². The van der Waals surface area contributed by atoms with Crippen molar-refractivity contribution in [3.8, 4) is 11.5 Å². The lowest BCUT2D eigenvalue weighted by atomic mass is 10.1. The fourth-order valence-electron chi connectivity index (χ4n) is 2.99. The predicted octanol–water partition coefficient (Wildman–Crippen LogP) is 6.03. The molecule has 4 rings (SSSR count).